The van der Waals surface area contributed by atoms with Crippen LogP contribution in [0.15, 0.2) is 23.0 Å². The van der Waals surface area contributed by atoms with Crippen molar-refractivity contribution in [3.8, 4) is 11.5 Å². The molecule has 0 aliphatic carbocycles. The third kappa shape index (κ3) is 3.41. The number of rotatable bonds is 6. The number of H-pyrrole nitrogens is 1. The molecule has 10 heteroatoms. The van der Waals surface area contributed by atoms with Gasteiger partial charge >= 0.3 is 0 Å². The summed E-state index contributed by atoms with van der Waals surface area (Å²) in [6.07, 6.45) is 3.45. The molecule has 30 heavy (non-hydrogen) atoms. The van der Waals surface area contributed by atoms with E-state index in [9.17, 15) is 4.79 Å². The lowest BCUT2D eigenvalue weighted by Crippen LogP contribution is -3.13. The predicted octanol–water partition coefficient (Wildman–Crippen LogP) is 0.0479. The number of methoxy groups -OCH3 is 1. The number of benzene rings is 1. The number of aromatic nitrogens is 5. The standard InChI is InChI=1S/C20H24N6O4/c1-28-8-7-26-19(22-23-24-26)18(25-5-3-2-4-6-25)14-9-13-10-16-17(30-12-29-16)11-15(13)21-20(14)27/h9-11,18H,2-8,12H2,1H3,(H,21,27)/p+1/t18-/m0/s1. The Hall–Kier alpha value is -2.98. The fourth-order valence-electron chi connectivity index (χ4n) is 4.42. The quantitative estimate of drug-likeness (QED) is 0.588. The van der Waals surface area contributed by atoms with Gasteiger partial charge in [-0.15, -0.1) is 5.10 Å². The average Bonchev–Trinajstić information content (AvgIpc) is 3.41. The minimum absolute atomic E-state index is 0.134. The maximum Gasteiger partial charge on any atom is 0.258 e. The largest absolute Gasteiger partial charge is 0.454 e. The first-order valence-electron chi connectivity index (χ1n) is 10.3. The molecule has 0 amide bonds. The van der Waals surface area contributed by atoms with E-state index in [1.165, 1.54) is 11.3 Å². The summed E-state index contributed by atoms with van der Waals surface area (Å²) >= 11 is 0. The molecule has 2 N–H and O–H groups in total. The number of pyridine rings is 1. The lowest BCUT2D eigenvalue weighted by Gasteiger charge is -2.30. The van der Waals surface area contributed by atoms with E-state index in [4.69, 9.17) is 14.2 Å². The van der Waals surface area contributed by atoms with Crippen LogP contribution in [-0.4, -0.2) is 58.8 Å². The van der Waals surface area contributed by atoms with E-state index < -0.39 is 0 Å². The molecule has 0 spiro atoms. The topological polar surface area (TPSA) is 109 Å². The van der Waals surface area contributed by atoms with Crippen LogP contribution in [0, 0.1) is 0 Å². The second kappa shape index (κ2) is 8.04. The summed E-state index contributed by atoms with van der Waals surface area (Å²) in [5, 5.41) is 13.3. The molecule has 2 aliphatic rings. The van der Waals surface area contributed by atoms with Crippen LogP contribution >= 0.6 is 0 Å². The fraction of sp³-hybridized carbons (Fsp3) is 0.500. The number of likely N-dealkylation sites (tertiary alicyclic amines) is 1. The Bertz CT molecular complexity index is 1100. The highest BCUT2D eigenvalue weighted by molar-refractivity contribution is 5.83. The minimum atomic E-state index is -0.254. The highest BCUT2D eigenvalue weighted by Gasteiger charge is 2.35. The summed E-state index contributed by atoms with van der Waals surface area (Å²) in [6.45, 7) is 3.17. The SMILES string of the molecule is COCCn1nnnc1[C@H](c1cc2cc3c(cc2[nH]c1=O)OCO3)[NH+]1CCCCC1. The summed E-state index contributed by atoms with van der Waals surface area (Å²) < 4.78 is 17.9. The van der Waals surface area contributed by atoms with Crippen molar-refractivity contribution in [2.24, 2.45) is 0 Å². The third-order valence-electron chi connectivity index (χ3n) is 5.91. The molecule has 1 aromatic carbocycles. The molecule has 2 aromatic heterocycles. The van der Waals surface area contributed by atoms with Crippen molar-refractivity contribution < 1.29 is 19.1 Å². The smallest absolute Gasteiger partial charge is 0.258 e. The average molecular weight is 413 g/mol. The van der Waals surface area contributed by atoms with Crippen LogP contribution in [0.1, 0.15) is 36.7 Å². The zero-order chi connectivity index (χ0) is 20.5. The summed E-state index contributed by atoms with van der Waals surface area (Å²) in [7, 11) is 1.65. The van der Waals surface area contributed by atoms with Crippen LogP contribution in [0.4, 0.5) is 0 Å². The Morgan fingerprint density at radius 2 is 2.00 bits per heavy atom. The number of quaternary nitrogens is 1. The van der Waals surface area contributed by atoms with Crippen LogP contribution in [0.2, 0.25) is 0 Å². The van der Waals surface area contributed by atoms with Gasteiger partial charge in [0.05, 0.1) is 37.3 Å². The molecule has 1 saturated heterocycles. The van der Waals surface area contributed by atoms with Crippen molar-refractivity contribution >= 4 is 10.9 Å². The van der Waals surface area contributed by atoms with E-state index in [2.05, 4.69) is 20.5 Å². The van der Waals surface area contributed by atoms with Gasteiger partial charge in [0.1, 0.15) is 0 Å². The molecule has 0 bridgehead atoms. The van der Waals surface area contributed by atoms with Crippen molar-refractivity contribution in [3.63, 3.8) is 0 Å². The van der Waals surface area contributed by atoms with Gasteiger partial charge in [-0.1, -0.05) is 0 Å². The molecule has 0 unspecified atom stereocenters. The second-order valence-corrected chi connectivity index (χ2v) is 7.75. The highest BCUT2D eigenvalue weighted by atomic mass is 16.7. The van der Waals surface area contributed by atoms with Crippen LogP contribution in [0.3, 0.4) is 0 Å². The Balaban J connectivity index is 1.63. The van der Waals surface area contributed by atoms with Gasteiger partial charge in [-0.25, -0.2) is 4.68 Å². The molecule has 4 heterocycles. The van der Waals surface area contributed by atoms with E-state index in [1.54, 1.807) is 11.8 Å². The monoisotopic (exact) mass is 413 g/mol. The van der Waals surface area contributed by atoms with Crippen LogP contribution in [0.5, 0.6) is 11.5 Å². The number of nitrogens with one attached hydrogen (secondary N) is 2. The van der Waals surface area contributed by atoms with Gasteiger partial charge in [-0.3, -0.25) is 4.79 Å². The molecule has 3 aromatic rings. The first kappa shape index (κ1) is 19.0. The molecular formula is C20H25N6O4+. The van der Waals surface area contributed by atoms with Crippen molar-refractivity contribution in [2.45, 2.75) is 31.8 Å². The normalized spacial score (nSPS) is 17.5. The molecule has 5 rings (SSSR count). The molecule has 0 radical (unpaired) electrons. The van der Waals surface area contributed by atoms with Gasteiger partial charge < -0.3 is 24.1 Å². The van der Waals surface area contributed by atoms with Gasteiger partial charge in [0, 0.05) is 18.6 Å². The Kier molecular flexibility index (Phi) is 5.09. The molecule has 1 atom stereocenters. The number of hydrogen-bond acceptors (Lipinski definition) is 7. The van der Waals surface area contributed by atoms with Crippen molar-refractivity contribution in [1.82, 2.24) is 25.2 Å². The zero-order valence-corrected chi connectivity index (χ0v) is 16.9. The first-order valence-corrected chi connectivity index (χ1v) is 10.3. The number of hydrogen-bond donors (Lipinski definition) is 2. The van der Waals surface area contributed by atoms with E-state index >= 15 is 0 Å². The number of fused-ring (bicyclic) bond motifs is 2. The molecule has 158 valence electrons. The maximum absolute atomic E-state index is 13.2. The molecule has 2 aliphatic heterocycles. The molecule has 0 saturated carbocycles. The fourth-order valence-corrected chi connectivity index (χ4v) is 4.42. The van der Waals surface area contributed by atoms with Gasteiger partial charge in [-0.2, -0.15) is 0 Å². The van der Waals surface area contributed by atoms with Crippen LogP contribution in [0.25, 0.3) is 10.9 Å². The number of piperidine rings is 1. The predicted molar refractivity (Wildman–Crippen MR) is 107 cm³/mol. The van der Waals surface area contributed by atoms with Crippen molar-refractivity contribution in [3.05, 3.63) is 39.9 Å². The molecule has 1 fully saturated rings. The summed E-state index contributed by atoms with van der Waals surface area (Å²) in [5.74, 6) is 2.02. The number of ether oxygens (including phenoxy) is 3. The number of aromatic amines is 1. The second-order valence-electron chi connectivity index (χ2n) is 7.75. The zero-order valence-electron chi connectivity index (χ0n) is 16.9. The van der Waals surface area contributed by atoms with Crippen molar-refractivity contribution in [2.75, 3.05) is 33.6 Å². The first-order chi connectivity index (χ1) is 14.7. The third-order valence-corrected chi connectivity index (χ3v) is 5.91. The molecule has 10 nitrogen and oxygen atoms in total. The maximum atomic E-state index is 13.2. The van der Waals surface area contributed by atoms with Crippen LogP contribution in [-0.2, 0) is 11.3 Å². The molecular weight excluding hydrogens is 388 g/mol. The van der Waals surface area contributed by atoms with Gasteiger partial charge in [0.2, 0.25) is 12.6 Å². The van der Waals surface area contributed by atoms with E-state index in [-0.39, 0.29) is 18.4 Å². The Morgan fingerprint density at radius 3 is 2.80 bits per heavy atom. The van der Waals surface area contributed by atoms with E-state index in [0.29, 0.717) is 36.0 Å². The lowest BCUT2D eigenvalue weighted by atomic mass is 10.0. The highest BCUT2D eigenvalue weighted by Crippen LogP contribution is 2.35. The number of tetrazole rings is 1. The summed E-state index contributed by atoms with van der Waals surface area (Å²) in [6, 6.07) is 5.41. The van der Waals surface area contributed by atoms with Crippen molar-refractivity contribution in [1.29, 1.82) is 0 Å². The number of nitrogens with zero attached hydrogens (tertiary/aromatic N) is 4. The lowest BCUT2D eigenvalue weighted by molar-refractivity contribution is -0.931. The van der Waals surface area contributed by atoms with Gasteiger partial charge in [-0.05, 0) is 41.8 Å². The minimum Gasteiger partial charge on any atom is -0.454 e. The summed E-state index contributed by atoms with van der Waals surface area (Å²) in [4.78, 5) is 17.5. The Morgan fingerprint density at radius 1 is 1.20 bits per heavy atom. The van der Waals surface area contributed by atoms with E-state index in [1.807, 2.05) is 18.2 Å². The Labute approximate surface area is 172 Å². The van der Waals surface area contributed by atoms with Gasteiger partial charge in [0.15, 0.2) is 17.5 Å². The summed E-state index contributed by atoms with van der Waals surface area (Å²) in [5.41, 5.74) is 1.25. The van der Waals surface area contributed by atoms with Crippen LogP contribution < -0.4 is 19.9 Å². The van der Waals surface area contributed by atoms with Gasteiger partial charge in [0.25, 0.3) is 5.56 Å². The van der Waals surface area contributed by atoms with E-state index in [0.717, 1.165) is 36.8 Å².